The number of rotatable bonds is 4. The highest BCUT2D eigenvalue weighted by atomic mass is 35.5. The normalized spacial score (nSPS) is 10.4. The molecular formula is C15H11Cl3O2. The van der Waals surface area contributed by atoms with Gasteiger partial charge in [-0.1, -0.05) is 34.8 Å². The lowest BCUT2D eigenvalue weighted by atomic mass is 10.00. The summed E-state index contributed by atoms with van der Waals surface area (Å²) in [5.74, 6) is 0.512. The van der Waals surface area contributed by atoms with Gasteiger partial charge in [0.1, 0.15) is 5.75 Å². The van der Waals surface area contributed by atoms with Crippen LogP contribution in [0.15, 0.2) is 30.3 Å². The van der Waals surface area contributed by atoms with Crippen molar-refractivity contribution >= 4 is 41.1 Å². The lowest BCUT2D eigenvalue weighted by Gasteiger charge is -2.12. The third-order valence-corrected chi connectivity index (χ3v) is 3.60. The first-order chi connectivity index (χ1) is 9.56. The summed E-state index contributed by atoms with van der Waals surface area (Å²) in [5, 5.41) is 1.40. The first-order valence-electron chi connectivity index (χ1n) is 5.93. The molecule has 2 nitrogen and oxygen atoms in total. The van der Waals surface area contributed by atoms with Crippen molar-refractivity contribution in [2.45, 2.75) is 6.92 Å². The Balaban J connectivity index is 2.61. The zero-order valence-electron chi connectivity index (χ0n) is 10.6. The maximum absolute atomic E-state index is 11.1. The van der Waals surface area contributed by atoms with Crippen LogP contribution in [0.2, 0.25) is 15.1 Å². The molecule has 2 aromatic rings. The van der Waals surface area contributed by atoms with E-state index < -0.39 is 0 Å². The number of carbonyl (C=O) groups is 1. The maximum Gasteiger partial charge on any atom is 0.150 e. The number of benzene rings is 2. The largest absolute Gasteiger partial charge is 0.492 e. The second kappa shape index (κ2) is 6.49. The fourth-order valence-electron chi connectivity index (χ4n) is 1.87. The molecule has 5 heteroatoms. The van der Waals surface area contributed by atoms with Gasteiger partial charge in [0.05, 0.1) is 16.7 Å². The van der Waals surface area contributed by atoms with Gasteiger partial charge in [0.2, 0.25) is 0 Å². The van der Waals surface area contributed by atoms with Crippen molar-refractivity contribution in [3.63, 3.8) is 0 Å². The molecule has 0 aromatic heterocycles. The van der Waals surface area contributed by atoms with Crippen LogP contribution >= 0.6 is 34.8 Å². The van der Waals surface area contributed by atoms with E-state index in [4.69, 9.17) is 39.5 Å². The average Bonchev–Trinajstić information content (AvgIpc) is 2.42. The molecular weight excluding hydrogens is 319 g/mol. The molecule has 0 fully saturated rings. The van der Waals surface area contributed by atoms with Gasteiger partial charge in [0, 0.05) is 22.2 Å². The van der Waals surface area contributed by atoms with Crippen LogP contribution in [0, 0.1) is 0 Å². The third-order valence-electron chi connectivity index (χ3n) is 2.75. The molecule has 0 aliphatic heterocycles. The Labute approximate surface area is 132 Å². The number of hydrogen-bond donors (Lipinski definition) is 0. The highest BCUT2D eigenvalue weighted by molar-refractivity contribution is 6.36. The number of hydrogen-bond acceptors (Lipinski definition) is 2. The molecule has 0 aliphatic rings. The van der Waals surface area contributed by atoms with Crippen molar-refractivity contribution in [2.24, 2.45) is 0 Å². The fraction of sp³-hybridized carbons (Fsp3) is 0.133. The first-order valence-corrected chi connectivity index (χ1v) is 7.07. The Morgan fingerprint density at radius 1 is 1.05 bits per heavy atom. The summed E-state index contributed by atoms with van der Waals surface area (Å²) in [4.78, 5) is 11.1. The minimum absolute atomic E-state index is 0.433. The van der Waals surface area contributed by atoms with Gasteiger partial charge >= 0.3 is 0 Å². The van der Waals surface area contributed by atoms with E-state index in [2.05, 4.69) is 0 Å². The lowest BCUT2D eigenvalue weighted by molar-refractivity contribution is 0.112. The fourth-order valence-corrected chi connectivity index (χ4v) is 2.51. The van der Waals surface area contributed by atoms with E-state index in [-0.39, 0.29) is 0 Å². The van der Waals surface area contributed by atoms with E-state index in [1.165, 1.54) is 0 Å². The summed E-state index contributed by atoms with van der Waals surface area (Å²) in [5.41, 5.74) is 1.78. The minimum atomic E-state index is 0.433. The van der Waals surface area contributed by atoms with Crippen LogP contribution in [0.1, 0.15) is 17.3 Å². The Bertz CT molecular complexity index is 654. The standard InChI is InChI=1S/C15H11Cl3O2/c1-2-20-15-7-13(17)12(6-14(15)18)11-5-10(16)4-3-9(11)8-19/h3-8H,2H2,1H3. The minimum Gasteiger partial charge on any atom is -0.492 e. The number of carbonyl (C=O) groups excluding carboxylic acids is 1. The van der Waals surface area contributed by atoms with Crippen molar-refractivity contribution in [3.05, 3.63) is 51.0 Å². The summed E-state index contributed by atoms with van der Waals surface area (Å²) in [6.07, 6.45) is 0.756. The molecule has 0 N–H and O–H groups in total. The van der Waals surface area contributed by atoms with Crippen LogP contribution in [0.5, 0.6) is 5.75 Å². The van der Waals surface area contributed by atoms with E-state index in [0.29, 0.717) is 44.1 Å². The lowest BCUT2D eigenvalue weighted by Crippen LogP contribution is -1.94. The predicted molar refractivity (Wildman–Crippen MR) is 83.5 cm³/mol. The van der Waals surface area contributed by atoms with Gasteiger partial charge in [0.25, 0.3) is 0 Å². The molecule has 0 saturated carbocycles. The molecule has 0 atom stereocenters. The molecule has 20 heavy (non-hydrogen) atoms. The summed E-state index contributed by atoms with van der Waals surface area (Å²) in [7, 11) is 0. The zero-order chi connectivity index (χ0) is 14.7. The van der Waals surface area contributed by atoms with Crippen molar-refractivity contribution in [2.75, 3.05) is 6.61 Å². The van der Waals surface area contributed by atoms with Gasteiger partial charge in [-0.15, -0.1) is 0 Å². The van der Waals surface area contributed by atoms with E-state index >= 15 is 0 Å². The Morgan fingerprint density at radius 2 is 1.80 bits per heavy atom. The molecule has 0 heterocycles. The summed E-state index contributed by atoms with van der Waals surface area (Å²) < 4.78 is 5.38. The first kappa shape index (κ1) is 15.2. The second-order valence-electron chi connectivity index (χ2n) is 4.04. The van der Waals surface area contributed by atoms with Gasteiger partial charge in [-0.2, -0.15) is 0 Å². The molecule has 0 aliphatic carbocycles. The molecule has 2 rings (SSSR count). The van der Waals surface area contributed by atoms with Crippen molar-refractivity contribution < 1.29 is 9.53 Å². The predicted octanol–water partition coefficient (Wildman–Crippen LogP) is 5.53. The molecule has 2 aromatic carbocycles. The van der Waals surface area contributed by atoms with E-state index in [9.17, 15) is 4.79 Å². The van der Waals surface area contributed by atoms with Crippen LogP contribution in [0.3, 0.4) is 0 Å². The van der Waals surface area contributed by atoms with Gasteiger partial charge in [-0.3, -0.25) is 4.79 Å². The van der Waals surface area contributed by atoms with Crippen molar-refractivity contribution in [1.29, 1.82) is 0 Å². The smallest absolute Gasteiger partial charge is 0.150 e. The molecule has 104 valence electrons. The maximum atomic E-state index is 11.1. The number of halogens is 3. The van der Waals surface area contributed by atoms with Gasteiger partial charge in [-0.05, 0) is 36.8 Å². The van der Waals surface area contributed by atoms with E-state index in [1.807, 2.05) is 6.92 Å². The topological polar surface area (TPSA) is 26.3 Å². The van der Waals surface area contributed by atoms with Gasteiger partial charge in [-0.25, -0.2) is 0 Å². The van der Waals surface area contributed by atoms with Crippen molar-refractivity contribution in [3.8, 4) is 16.9 Å². The second-order valence-corrected chi connectivity index (χ2v) is 5.30. The van der Waals surface area contributed by atoms with Gasteiger partial charge in [0.15, 0.2) is 6.29 Å². The van der Waals surface area contributed by atoms with Crippen LogP contribution in [-0.4, -0.2) is 12.9 Å². The van der Waals surface area contributed by atoms with Gasteiger partial charge < -0.3 is 4.74 Å². The van der Waals surface area contributed by atoms with Crippen LogP contribution in [0.25, 0.3) is 11.1 Å². The Morgan fingerprint density at radius 3 is 2.45 bits per heavy atom. The summed E-state index contributed by atoms with van der Waals surface area (Å²) in [6, 6.07) is 8.29. The molecule has 0 amide bonds. The highest BCUT2D eigenvalue weighted by Crippen LogP contribution is 2.38. The summed E-state index contributed by atoms with van der Waals surface area (Å²) >= 11 is 18.4. The van der Waals surface area contributed by atoms with Crippen LogP contribution < -0.4 is 4.74 Å². The van der Waals surface area contributed by atoms with Crippen molar-refractivity contribution in [1.82, 2.24) is 0 Å². The van der Waals surface area contributed by atoms with E-state index in [0.717, 1.165) is 6.29 Å². The molecule has 0 radical (unpaired) electrons. The molecule has 0 bridgehead atoms. The number of aldehydes is 1. The SMILES string of the molecule is CCOc1cc(Cl)c(-c2cc(Cl)ccc2C=O)cc1Cl. The summed E-state index contributed by atoms with van der Waals surface area (Å²) in [6.45, 7) is 2.35. The Kier molecular flexibility index (Phi) is 4.92. The van der Waals surface area contributed by atoms with Crippen LogP contribution in [0.4, 0.5) is 0 Å². The highest BCUT2D eigenvalue weighted by Gasteiger charge is 2.13. The van der Waals surface area contributed by atoms with Crippen LogP contribution in [-0.2, 0) is 0 Å². The zero-order valence-corrected chi connectivity index (χ0v) is 12.9. The quantitative estimate of drug-likeness (QED) is 0.690. The monoisotopic (exact) mass is 328 g/mol. The molecule has 0 unspecified atom stereocenters. The Hall–Kier alpha value is -1.22. The molecule has 0 saturated heterocycles. The molecule has 0 spiro atoms. The third kappa shape index (κ3) is 3.09. The average molecular weight is 330 g/mol. The number of ether oxygens (including phenoxy) is 1. The van der Waals surface area contributed by atoms with E-state index in [1.54, 1.807) is 30.3 Å².